The molecule has 2 nitrogen and oxygen atoms in total. The highest BCUT2D eigenvalue weighted by atomic mass is 127. The summed E-state index contributed by atoms with van der Waals surface area (Å²) in [6.07, 6.45) is 0. The summed E-state index contributed by atoms with van der Waals surface area (Å²) in [5.41, 5.74) is 0. The second-order valence-corrected chi connectivity index (χ2v) is 2.93. The highest BCUT2D eigenvalue weighted by molar-refractivity contribution is 14.1. The number of benzene rings is 1. The zero-order valence-corrected chi connectivity index (χ0v) is 7.28. The Morgan fingerprint density at radius 3 is 2.90 bits per heavy atom. The van der Waals surface area contributed by atoms with Crippen molar-refractivity contribution in [1.29, 1.82) is 0 Å². The molecule has 1 aromatic rings. The van der Waals surface area contributed by atoms with Gasteiger partial charge in [0.2, 0.25) is 0 Å². The summed E-state index contributed by atoms with van der Waals surface area (Å²) in [6.45, 7) is 0. The van der Waals surface area contributed by atoms with Crippen LogP contribution in [-0.2, 0) is 0 Å². The van der Waals surface area contributed by atoms with E-state index in [0.717, 1.165) is 3.57 Å². The maximum atomic E-state index is 8.26. The van der Waals surface area contributed by atoms with E-state index in [1.165, 1.54) is 0 Å². The van der Waals surface area contributed by atoms with E-state index in [9.17, 15) is 0 Å². The molecule has 10 heavy (non-hydrogen) atoms. The van der Waals surface area contributed by atoms with Crippen molar-refractivity contribution in [2.75, 3.05) is 0 Å². The van der Waals surface area contributed by atoms with E-state index in [0.29, 0.717) is 13.4 Å². The van der Waals surface area contributed by atoms with Crippen LogP contribution in [0.3, 0.4) is 0 Å². The van der Waals surface area contributed by atoms with E-state index in [2.05, 4.69) is 22.6 Å². The fraction of sp³-hybridized carbons (Fsp3) is 0. The topological polar surface area (TPSA) is 29.5 Å². The van der Waals surface area contributed by atoms with Gasteiger partial charge in [0, 0.05) is 3.57 Å². The average molecular weight is 247 g/mol. The van der Waals surface area contributed by atoms with Crippen molar-refractivity contribution in [1.82, 2.24) is 0 Å². The molecule has 0 amide bonds. The predicted molar refractivity (Wildman–Crippen MR) is 47.8 cm³/mol. The average Bonchev–Trinajstić information content (AvgIpc) is 1.88. The zero-order valence-electron chi connectivity index (χ0n) is 5.12. The van der Waals surface area contributed by atoms with Gasteiger partial charge >= 0.3 is 7.69 Å². The van der Waals surface area contributed by atoms with Gasteiger partial charge in [0.05, 0.1) is 0 Å². The summed E-state index contributed by atoms with van der Waals surface area (Å²) in [4.78, 5) is 0. The van der Waals surface area contributed by atoms with E-state index in [4.69, 9.17) is 9.68 Å². The van der Waals surface area contributed by atoms with Gasteiger partial charge in [-0.1, -0.05) is 6.07 Å². The van der Waals surface area contributed by atoms with E-state index < -0.39 is 0 Å². The van der Waals surface area contributed by atoms with Gasteiger partial charge < -0.3 is 9.68 Å². The molecule has 0 saturated carbocycles. The Balaban J connectivity index is 2.75. The molecule has 4 heteroatoms. The zero-order chi connectivity index (χ0) is 7.40. The molecule has 0 aliphatic rings. The lowest BCUT2D eigenvalue weighted by Gasteiger charge is -1.99. The lowest BCUT2D eigenvalue weighted by Crippen LogP contribution is -1.99. The van der Waals surface area contributed by atoms with Gasteiger partial charge in [-0.3, -0.25) is 0 Å². The maximum Gasteiger partial charge on any atom is 0.569 e. The van der Waals surface area contributed by atoms with Crippen molar-refractivity contribution >= 4 is 30.3 Å². The first-order valence-electron chi connectivity index (χ1n) is 2.71. The van der Waals surface area contributed by atoms with Crippen LogP contribution < -0.4 is 4.65 Å². The van der Waals surface area contributed by atoms with Crippen LogP contribution in [0.25, 0.3) is 0 Å². The molecule has 1 radical (unpaired) electrons. The van der Waals surface area contributed by atoms with Gasteiger partial charge in [0.1, 0.15) is 5.75 Å². The Bertz CT molecular complexity index is 217. The van der Waals surface area contributed by atoms with Crippen LogP contribution in [0.5, 0.6) is 5.75 Å². The summed E-state index contributed by atoms with van der Waals surface area (Å²) in [5, 5.41) is 8.26. The first kappa shape index (κ1) is 7.88. The van der Waals surface area contributed by atoms with Gasteiger partial charge in [-0.05, 0) is 40.8 Å². The number of hydrogen-bond acceptors (Lipinski definition) is 2. The van der Waals surface area contributed by atoms with Crippen molar-refractivity contribution in [3.8, 4) is 5.75 Å². The maximum absolute atomic E-state index is 8.26. The molecule has 1 aromatic carbocycles. The molecule has 1 rings (SSSR count). The van der Waals surface area contributed by atoms with Crippen LogP contribution in [0.2, 0.25) is 0 Å². The molecule has 0 spiro atoms. The summed E-state index contributed by atoms with van der Waals surface area (Å²) in [6, 6.07) is 7.41. The number of rotatable bonds is 2. The van der Waals surface area contributed by atoms with Crippen LogP contribution in [0.4, 0.5) is 0 Å². The lowest BCUT2D eigenvalue weighted by atomic mass is 10.3. The Morgan fingerprint density at radius 1 is 1.50 bits per heavy atom. The van der Waals surface area contributed by atoms with E-state index in [1.807, 2.05) is 18.2 Å². The van der Waals surface area contributed by atoms with Crippen molar-refractivity contribution in [2.24, 2.45) is 0 Å². The summed E-state index contributed by atoms with van der Waals surface area (Å²) in [7, 11) is 0.672. The summed E-state index contributed by atoms with van der Waals surface area (Å²) in [5.74, 6) is 0.648. The lowest BCUT2D eigenvalue weighted by molar-refractivity contribution is 0.453. The predicted octanol–water partition coefficient (Wildman–Crippen LogP) is 1.20. The van der Waals surface area contributed by atoms with E-state index >= 15 is 0 Å². The molecule has 1 N–H and O–H groups in total. The minimum absolute atomic E-state index is 0.648. The Labute approximate surface area is 73.7 Å². The largest absolute Gasteiger partial charge is 0.569 e. The molecule has 0 fully saturated rings. The smallest absolute Gasteiger partial charge is 0.537 e. The molecule has 0 aliphatic carbocycles. The SMILES string of the molecule is O[B]Oc1cccc(I)c1. The molecular formula is C6H5BIO2. The van der Waals surface area contributed by atoms with Crippen LogP contribution >= 0.6 is 22.6 Å². The molecular weight excluding hydrogens is 242 g/mol. The highest BCUT2D eigenvalue weighted by Crippen LogP contribution is 2.13. The number of hydrogen-bond donors (Lipinski definition) is 1. The Kier molecular flexibility index (Phi) is 3.01. The molecule has 0 heterocycles. The Morgan fingerprint density at radius 2 is 2.30 bits per heavy atom. The summed E-state index contributed by atoms with van der Waals surface area (Å²) < 4.78 is 5.79. The molecule has 0 atom stereocenters. The van der Waals surface area contributed by atoms with Gasteiger partial charge in [-0.2, -0.15) is 0 Å². The minimum Gasteiger partial charge on any atom is -0.537 e. The van der Waals surface area contributed by atoms with Crippen LogP contribution in [0.1, 0.15) is 0 Å². The third-order valence-corrected chi connectivity index (χ3v) is 1.66. The fourth-order valence-electron chi connectivity index (χ4n) is 0.601. The first-order valence-corrected chi connectivity index (χ1v) is 3.79. The minimum atomic E-state index is 0.648. The monoisotopic (exact) mass is 247 g/mol. The third-order valence-electron chi connectivity index (χ3n) is 0.985. The van der Waals surface area contributed by atoms with E-state index in [-0.39, 0.29) is 0 Å². The quantitative estimate of drug-likeness (QED) is 0.628. The van der Waals surface area contributed by atoms with Crippen molar-refractivity contribution in [2.45, 2.75) is 0 Å². The molecule has 0 aliphatic heterocycles. The normalized spacial score (nSPS) is 9.00. The second kappa shape index (κ2) is 3.83. The molecule has 0 bridgehead atoms. The Hall–Kier alpha value is -0.225. The van der Waals surface area contributed by atoms with Gasteiger partial charge in [-0.25, -0.2) is 0 Å². The van der Waals surface area contributed by atoms with Gasteiger partial charge in [0.15, 0.2) is 0 Å². The third kappa shape index (κ3) is 2.19. The molecule has 0 saturated heterocycles. The highest BCUT2D eigenvalue weighted by Gasteiger charge is 1.92. The molecule has 0 aromatic heterocycles. The van der Waals surface area contributed by atoms with Crippen LogP contribution in [0, 0.1) is 3.57 Å². The van der Waals surface area contributed by atoms with Gasteiger partial charge in [0.25, 0.3) is 0 Å². The molecule has 0 unspecified atom stereocenters. The van der Waals surface area contributed by atoms with Crippen molar-refractivity contribution in [3.05, 3.63) is 27.8 Å². The van der Waals surface area contributed by atoms with Crippen molar-refractivity contribution < 1.29 is 9.68 Å². The summed E-state index contributed by atoms with van der Waals surface area (Å²) >= 11 is 2.17. The van der Waals surface area contributed by atoms with E-state index in [1.54, 1.807) is 6.07 Å². The standard InChI is InChI=1S/C6H5BIO2/c8-5-2-1-3-6(4-5)10-7-9/h1-4,9H. The number of halogens is 1. The van der Waals surface area contributed by atoms with Gasteiger partial charge in [-0.15, -0.1) is 0 Å². The van der Waals surface area contributed by atoms with Crippen LogP contribution in [-0.4, -0.2) is 12.7 Å². The molecule has 51 valence electrons. The fourth-order valence-corrected chi connectivity index (χ4v) is 1.12. The van der Waals surface area contributed by atoms with Crippen LogP contribution in [0.15, 0.2) is 24.3 Å². The first-order chi connectivity index (χ1) is 4.83. The van der Waals surface area contributed by atoms with Crippen molar-refractivity contribution in [3.63, 3.8) is 0 Å². The second-order valence-electron chi connectivity index (χ2n) is 1.68.